The van der Waals surface area contributed by atoms with Crippen LogP contribution in [0.5, 0.6) is 0 Å². The van der Waals surface area contributed by atoms with Crippen molar-refractivity contribution in [2.75, 3.05) is 18.5 Å². The van der Waals surface area contributed by atoms with Crippen molar-refractivity contribution in [2.45, 2.75) is 20.3 Å². The molecule has 2 N–H and O–H groups in total. The van der Waals surface area contributed by atoms with E-state index < -0.39 is 11.9 Å². The molecule has 2 amide bonds. The van der Waals surface area contributed by atoms with Gasteiger partial charge in [-0.1, -0.05) is 49.4 Å². The number of aryl methyl sites for hydroxylation is 1. The Labute approximate surface area is 185 Å². The van der Waals surface area contributed by atoms with Crippen LogP contribution in [0.3, 0.4) is 0 Å². The molecule has 0 fully saturated rings. The lowest BCUT2D eigenvalue weighted by Crippen LogP contribution is -2.33. The van der Waals surface area contributed by atoms with Crippen molar-refractivity contribution < 1.29 is 19.1 Å². The van der Waals surface area contributed by atoms with E-state index in [1.54, 1.807) is 31.2 Å². The van der Waals surface area contributed by atoms with Crippen LogP contribution in [-0.4, -0.2) is 30.9 Å². The van der Waals surface area contributed by atoms with E-state index in [9.17, 15) is 14.4 Å². The maximum Gasteiger partial charge on any atom is 0.341 e. The van der Waals surface area contributed by atoms with Crippen molar-refractivity contribution in [3.05, 3.63) is 76.7 Å². The van der Waals surface area contributed by atoms with E-state index in [-0.39, 0.29) is 19.1 Å². The molecule has 7 heteroatoms. The van der Waals surface area contributed by atoms with Crippen LogP contribution in [0.2, 0.25) is 0 Å². The standard InChI is InChI=1S/C24H24N2O4S/c1-3-16-10-12-17(13-11-16)19-15-31-23(21(19)24(29)30-4-2)26-20(27)14-25-22(28)18-8-6-5-7-9-18/h5-13,15H,3-4,14H2,1-2H3,(H,25,28)(H,26,27). The van der Waals surface area contributed by atoms with Crippen molar-refractivity contribution in [1.29, 1.82) is 0 Å². The van der Waals surface area contributed by atoms with Gasteiger partial charge in [0.2, 0.25) is 5.91 Å². The van der Waals surface area contributed by atoms with Crippen LogP contribution in [-0.2, 0) is 16.0 Å². The molecule has 0 saturated heterocycles. The number of carbonyl (C=O) groups is 3. The van der Waals surface area contributed by atoms with Gasteiger partial charge in [-0.2, -0.15) is 0 Å². The Morgan fingerprint density at radius 3 is 2.32 bits per heavy atom. The van der Waals surface area contributed by atoms with Gasteiger partial charge in [0.05, 0.1) is 13.2 Å². The monoisotopic (exact) mass is 436 g/mol. The minimum atomic E-state index is -0.498. The second-order valence-electron chi connectivity index (χ2n) is 6.72. The maximum atomic E-state index is 12.6. The number of nitrogens with one attached hydrogen (secondary N) is 2. The first-order valence-corrected chi connectivity index (χ1v) is 10.9. The normalized spacial score (nSPS) is 10.4. The van der Waals surface area contributed by atoms with Crippen LogP contribution in [0.4, 0.5) is 5.00 Å². The molecule has 160 valence electrons. The molecule has 0 bridgehead atoms. The molecule has 0 aliphatic heterocycles. The molecule has 0 radical (unpaired) electrons. The lowest BCUT2D eigenvalue weighted by molar-refractivity contribution is -0.115. The van der Waals surface area contributed by atoms with Gasteiger partial charge in [-0.25, -0.2) is 4.79 Å². The molecule has 6 nitrogen and oxygen atoms in total. The fraction of sp³-hybridized carbons (Fsp3) is 0.208. The smallest absolute Gasteiger partial charge is 0.341 e. The number of rotatable bonds is 8. The highest BCUT2D eigenvalue weighted by molar-refractivity contribution is 7.15. The van der Waals surface area contributed by atoms with Gasteiger partial charge in [-0.3, -0.25) is 9.59 Å². The van der Waals surface area contributed by atoms with Gasteiger partial charge < -0.3 is 15.4 Å². The molecule has 3 rings (SSSR count). The van der Waals surface area contributed by atoms with Crippen LogP contribution in [0, 0.1) is 0 Å². The average Bonchev–Trinajstić information content (AvgIpc) is 3.21. The number of ether oxygens (including phenoxy) is 1. The molecule has 3 aromatic rings. The molecular weight excluding hydrogens is 412 g/mol. The van der Waals surface area contributed by atoms with Crippen LogP contribution in [0.25, 0.3) is 11.1 Å². The molecular formula is C24H24N2O4S. The molecule has 31 heavy (non-hydrogen) atoms. The summed E-state index contributed by atoms with van der Waals surface area (Å²) in [7, 11) is 0. The van der Waals surface area contributed by atoms with Gasteiger partial charge in [0.25, 0.3) is 5.91 Å². The molecule has 0 spiro atoms. The van der Waals surface area contributed by atoms with Gasteiger partial charge in [0.15, 0.2) is 0 Å². The largest absolute Gasteiger partial charge is 0.462 e. The van der Waals surface area contributed by atoms with Crippen molar-refractivity contribution >= 4 is 34.1 Å². The molecule has 0 aliphatic carbocycles. The van der Waals surface area contributed by atoms with Gasteiger partial charge in [-0.15, -0.1) is 11.3 Å². The highest BCUT2D eigenvalue weighted by Gasteiger charge is 2.23. The zero-order valence-electron chi connectivity index (χ0n) is 17.4. The van der Waals surface area contributed by atoms with Crippen molar-refractivity contribution in [3.63, 3.8) is 0 Å². The Bertz CT molecular complexity index is 1060. The van der Waals surface area contributed by atoms with E-state index in [0.29, 0.717) is 21.7 Å². The fourth-order valence-electron chi connectivity index (χ4n) is 3.01. The number of hydrogen-bond acceptors (Lipinski definition) is 5. The summed E-state index contributed by atoms with van der Waals surface area (Å²) in [6.45, 7) is 3.82. The highest BCUT2D eigenvalue weighted by atomic mass is 32.1. The number of amides is 2. The number of esters is 1. The zero-order valence-corrected chi connectivity index (χ0v) is 18.3. The third-order valence-electron chi connectivity index (χ3n) is 4.64. The Morgan fingerprint density at radius 1 is 0.968 bits per heavy atom. The first-order valence-electron chi connectivity index (χ1n) is 10.0. The van der Waals surface area contributed by atoms with E-state index in [0.717, 1.165) is 12.0 Å². The summed E-state index contributed by atoms with van der Waals surface area (Å²) in [6, 6.07) is 16.6. The molecule has 0 saturated carbocycles. The van der Waals surface area contributed by atoms with Crippen LogP contribution in [0.15, 0.2) is 60.0 Å². The summed E-state index contributed by atoms with van der Waals surface area (Å²) >= 11 is 1.25. The van der Waals surface area contributed by atoms with Crippen molar-refractivity contribution in [1.82, 2.24) is 5.32 Å². The number of benzene rings is 2. The van der Waals surface area contributed by atoms with Gasteiger partial charge in [0, 0.05) is 16.5 Å². The summed E-state index contributed by atoms with van der Waals surface area (Å²) in [6.07, 6.45) is 0.921. The van der Waals surface area contributed by atoms with Gasteiger partial charge in [-0.05, 0) is 36.6 Å². The molecule has 2 aromatic carbocycles. The highest BCUT2D eigenvalue weighted by Crippen LogP contribution is 2.36. The van der Waals surface area contributed by atoms with Gasteiger partial charge in [0.1, 0.15) is 10.6 Å². The summed E-state index contributed by atoms with van der Waals surface area (Å²) in [5, 5.41) is 7.53. The summed E-state index contributed by atoms with van der Waals surface area (Å²) in [5.41, 5.74) is 3.55. The summed E-state index contributed by atoms with van der Waals surface area (Å²) in [4.78, 5) is 37.2. The topological polar surface area (TPSA) is 84.5 Å². The maximum absolute atomic E-state index is 12.6. The average molecular weight is 437 g/mol. The lowest BCUT2D eigenvalue weighted by atomic mass is 10.0. The second-order valence-corrected chi connectivity index (χ2v) is 7.60. The third-order valence-corrected chi connectivity index (χ3v) is 5.54. The Morgan fingerprint density at radius 2 is 1.68 bits per heavy atom. The predicted octanol–water partition coefficient (Wildman–Crippen LogP) is 4.52. The number of thiophene rings is 1. The number of anilines is 1. The van der Waals surface area contributed by atoms with Crippen molar-refractivity contribution in [3.8, 4) is 11.1 Å². The summed E-state index contributed by atoms with van der Waals surface area (Å²) in [5.74, 6) is -1.27. The SMILES string of the molecule is CCOC(=O)c1c(-c2ccc(CC)cc2)csc1NC(=O)CNC(=O)c1ccccc1. The second kappa shape index (κ2) is 10.5. The number of carbonyl (C=O) groups excluding carboxylic acids is 3. The van der Waals surface area contributed by atoms with Crippen molar-refractivity contribution in [2.24, 2.45) is 0 Å². The Hall–Kier alpha value is -3.45. The molecule has 1 aromatic heterocycles. The first kappa shape index (κ1) is 22.2. The first-order chi connectivity index (χ1) is 15.0. The van der Waals surface area contributed by atoms with E-state index in [2.05, 4.69) is 17.6 Å². The minimum Gasteiger partial charge on any atom is -0.462 e. The van der Waals surface area contributed by atoms with E-state index >= 15 is 0 Å². The van der Waals surface area contributed by atoms with E-state index in [1.165, 1.54) is 16.9 Å². The quantitative estimate of drug-likeness (QED) is 0.509. The fourth-order valence-corrected chi connectivity index (χ4v) is 3.98. The van der Waals surface area contributed by atoms with Crippen LogP contribution < -0.4 is 10.6 Å². The Balaban J connectivity index is 1.76. The van der Waals surface area contributed by atoms with E-state index in [4.69, 9.17) is 4.74 Å². The minimum absolute atomic E-state index is 0.214. The zero-order chi connectivity index (χ0) is 22.2. The van der Waals surface area contributed by atoms with Gasteiger partial charge >= 0.3 is 5.97 Å². The van der Waals surface area contributed by atoms with E-state index in [1.807, 2.05) is 35.7 Å². The lowest BCUT2D eigenvalue weighted by Gasteiger charge is -2.10. The van der Waals surface area contributed by atoms with Crippen LogP contribution >= 0.6 is 11.3 Å². The molecule has 1 heterocycles. The predicted molar refractivity (Wildman–Crippen MR) is 122 cm³/mol. The molecule has 0 atom stereocenters. The van der Waals surface area contributed by atoms with Crippen LogP contribution in [0.1, 0.15) is 40.1 Å². The Kier molecular flexibility index (Phi) is 7.56. The molecule has 0 aliphatic rings. The number of hydrogen-bond donors (Lipinski definition) is 2. The third kappa shape index (κ3) is 5.58. The summed E-state index contributed by atoms with van der Waals surface area (Å²) < 4.78 is 5.22. The molecule has 0 unspecified atom stereocenters.